The lowest BCUT2D eigenvalue weighted by molar-refractivity contribution is 0.370. The van der Waals surface area contributed by atoms with Gasteiger partial charge in [0, 0.05) is 62.8 Å². The van der Waals surface area contributed by atoms with E-state index in [0.717, 1.165) is 30.0 Å². The van der Waals surface area contributed by atoms with Gasteiger partial charge < -0.3 is 15.1 Å². The number of halogens is 2. The van der Waals surface area contributed by atoms with Crippen molar-refractivity contribution in [2.24, 2.45) is 4.99 Å². The molecule has 3 rings (SSSR count). The smallest absolute Gasteiger partial charge is 0.194 e. The molecule has 0 amide bonds. The number of benzene rings is 1. The summed E-state index contributed by atoms with van der Waals surface area (Å²) in [4.78, 5) is 14.4. The fourth-order valence-electron chi connectivity index (χ4n) is 3.09. The first-order valence-corrected chi connectivity index (χ1v) is 10.0. The summed E-state index contributed by atoms with van der Waals surface area (Å²) in [5.74, 6) is 0.0652. The van der Waals surface area contributed by atoms with Gasteiger partial charge in [-0.2, -0.15) is 0 Å². The van der Waals surface area contributed by atoms with Gasteiger partial charge in [0.15, 0.2) is 5.96 Å². The van der Waals surface area contributed by atoms with E-state index in [9.17, 15) is 8.78 Å². The largest absolute Gasteiger partial charge is 0.366 e. The predicted molar refractivity (Wildman–Crippen MR) is 107 cm³/mol. The second kappa shape index (κ2) is 9.12. The number of anilines is 1. The van der Waals surface area contributed by atoms with Gasteiger partial charge in [-0.25, -0.2) is 13.8 Å². The van der Waals surface area contributed by atoms with E-state index in [2.05, 4.69) is 22.1 Å². The van der Waals surface area contributed by atoms with Crippen LogP contribution in [0.2, 0.25) is 0 Å². The first-order valence-electron chi connectivity index (χ1n) is 9.21. The molecule has 0 saturated carbocycles. The fourth-order valence-corrected chi connectivity index (χ4v) is 3.86. The van der Waals surface area contributed by atoms with Crippen molar-refractivity contribution in [3.05, 3.63) is 45.9 Å². The highest BCUT2D eigenvalue weighted by Crippen LogP contribution is 2.22. The summed E-state index contributed by atoms with van der Waals surface area (Å²) in [6.07, 6.45) is 2.71. The number of piperazine rings is 1. The summed E-state index contributed by atoms with van der Waals surface area (Å²) < 4.78 is 27.4. The average molecular weight is 394 g/mol. The molecule has 1 aliphatic heterocycles. The van der Waals surface area contributed by atoms with Crippen LogP contribution in [-0.2, 0) is 6.42 Å². The molecule has 0 bridgehead atoms. The molecule has 1 saturated heterocycles. The summed E-state index contributed by atoms with van der Waals surface area (Å²) in [5, 5.41) is 4.42. The summed E-state index contributed by atoms with van der Waals surface area (Å²) in [5.41, 5.74) is 0.329. The third-order valence-electron chi connectivity index (χ3n) is 4.42. The number of hydrogen-bond donors (Lipinski definition) is 1. The van der Waals surface area contributed by atoms with Crippen LogP contribution >= 0.6 is 11.3 Å². The molecule has 8 heteroatoms. The first-order chi connectivity index (χ1) is 13.1. The van der Waals surface area contributed by atoms with E-state index in [1.807, 2.05) is 18.0 Å². The number of nitrogens with one attached hydrogen (secondary N) is 1. The minimum absolute atomic E-state index is 0.329. The van der Waals surface area contributed by atoms with Crippen molar-refractivity contribution < 1.29 is 8.78 Å². The standard InChI is InChI=1S/C19H25F2N5S/c1-3-22-19(23-7-6-18-24-13-14(2)27-18)26-10-8-25(9-11-26)17-12-15(20)4-5-16(17)21/h4-5,12-13H,3,6-11H2,1-2H3,(H,22,23). The van der Waals surface area contributed by atoms with Crippen molar-refractivity contribution >= 4 is 23.0 Å². The molecule has 2 aromatic rings. The summed E-state index contributed by atoms with van der Waals surface area (Å²) in [6, 6.07) is 3.60. The quantitative estimate of drug-likeness (QED) is 0.626. The topological polar surface area (TPSA) is 43.8 Å². The molecule has 1 aliphatic rings. The molecule has 146 valence electrons. The van der Waals surface area contributed by atoms with Gasteiger partial charge in [0.05, 0.1) is 10.7 Å². The predicted octanol–water partition coefficient (Wildman–Crippen LogP) is 3.06. The molecule has 0 atom stereocenters. The van der Waals surface area contributed by atoms with Crippen LogP contribution in [0.5, 0.6) is 0 Å². The highest BCUT2D eigenvalue weighted by molar-refractivity contribution is 7.11. The van der Waals surface area contributed by atoms with Gasteiger partial charge in [-0.3, -0.25) is 4.99 Å². The summed E-state index contributed by atoms with van der Waals surface area (Å²) in [6.45, 7) is 8.21. The maximum atomic E-state index is 14.0. The molecule has 5 nitrogen and oxygen atoms in total. The molecular formula is C19H25F2N5S. The van der Waals surface area contributed by atoms with Crippen LogP contribution in [0.3, 0.4) is 0 Å². The molecule has 1 N–H and O–H groups in total. The number of aromatic nitrogens is 1. The highest BCUT2D eigenvalue weighted by Gasteiger charge is 2.22. The average Bonchev–Trinajstić information content (AvgIpc) is 3.08. The third kappa shape index (κ3) is 5.15. The molecule has 0 spiro atoms. The molecule has 0 unspecified atom stereocenters. The van der Waals surface area contributed by atoms with Crippen molar-refractivity contribution in [2.75, 3.05) is 44.2 Å². The van der Waals surface area contributed by atoms with Crippen molar-refractivity contribution in [3.8, 4) is 0 Å². The number of thiazole rings is 1. The lowest BCUT2D eigenvalue weighted by Gasteiger charge is -2.37. The van der Waals surface area contributed by atoms with Crippen LogP contribution in [0.4, 0.5) is 14.5 Å². The van der Waals surface area contributed by atoms with Gasteiger partial charge >= 0.3 is 0 Å². The van der Waals surface area contributed by atoms with Gasteiger partial charge in [0.1, 0.15) is 11.6 Å². The van der Waals surface area contributed by atoms with Crippen molar-refractivity contribution in [3.63, 3.8) is 0 Å². The molecule has 0 radical (unpaired) electrons. The van der Waals surface area contributed by atoms with Crippen LogP contribution in [-0.4, -0.2) is 55.1 Å². The zero-order chi connectivity index (χ0) is 19.2. The van der Waals surface area contributed by atoms with E-state index in [1.54, 1.807) is 11.3 Å². The maximum Gasteiger partial charge on any atom is 0.194 e. The van der Waals surface area contributed by atoms with Crippen LogP contribution in [0.1, 0.15) is 16.8 Å². The Bertz CT molecular complexity index is 784. The van der Waals surface area contributed by atoms with E-state index >= 15 is 0 Å². The fraction of sp³-hybridized carbons (Fsp3) is 0.474. The normalized spacial score (nSPS) is 15.3. The number of guanidine groups is 1. The monoisotopic (exact) mass is 393 g/mol. The van der Waals surface area contributed by atoms with Crippen LogP contribution in [0.15, 0.2) is 29.4 Å². The molecular weight excluding hydrogens is 368 g/mol. The van der Waals surface area contributed by atoms with Crippen molar-refractivity contribution in [1.82, 2.24) is 15.2 Å². The SMILES string of the molecule is CCNC(=NCCc1ncc(C)s1)N1CCN(c2cc(F)ccc2F)CC1. The minimum atomic E-state index is -0.416. The zero-order valence-corrected chi connectivity index (χ0v) is 16.5. The van der Waals surface area contributed by atoms with E-state index in [4.69, 9.17) is 4.99 Å². The molecule has 1 aromatic heterocycles. The number of aryl methyl sites for hydroxylation is 1. The lowest BCUT2D eigenvalue weighted by Crippen LogP contribution is -2.52. The van der Waals surface area contributed by atoms with Gasteiger partial charge in [0.2, 0.25) is 0 Å². The Balaban J connectivity index is 1.59. The van der Waals surface area contributed by atoms with Crippen molar-refractivity contribution in [1.29, 1.82) is 0 Å². The van der Waals surface area contributed by atoms with Crippen molar-refractivity contribution in [2.45, 2.75) is 20.3 Å². The van der Waals surface area contributed by atoms with E-state index in [0.29, 0.717) is 38.4 Å². The highest BCUT2D eigenvalue weighted by atomic mass is 32.1. The van der Waals surface area contributed by atoms with Gasteiger partial charge in [-0.1, -0.05) is 0 Å². The summed E-state index contributed by atoms with van der Waals surface area (Å²) >= 11 is 1.70. The van der Waals surface area contributed by atoms with Gasteiger partial charge in [-0.05, 0) is 26.0 Å². The Labute approximate surface area is 162 Å². The summed E-state index contributed by atoms with van der Waals surface area (Å²) in [7, 11) is 0. The Morgan fingerprint density at radius 1 is 1.26 bits per heavy atom. The maximum absolute atomic E-state index is 14.0. The molecule has 1 fully saturated rings. The molecule has 1 aromatic carbocycles. The van der Waals surface area contributed by atoms with E-state index in [-0.39, 0.29) is 5.82 Å². The second-order valence-corrected chi connectivity index (χ2v) is 7.74. The third-order valence-corrected chi connectivity index (χ3v) is 5.39. The Hall–Kier alpha value is -2.22. The van der Waals surface area contributed by atoms with Crippen LogP contribution in [0.25, 0.3) is 0 Å². The minimum Gasteiger partial charge on any atom is -0.366 e. The number of aliphatic imine (C=N–C) groups is 1. The Morgan fingerprint density at radius 3 is 2.70 bits per heavy atom. The molecule has 27 heavy (non-hydrogen) atoms. The Morgan fingerprint density at radius 2 is 2.04 bits per heavy atom. The number of nitrogens with zero attached hydrogens (tertiary/aromatic N) is 4. The van der Waals surface area contributed by atoms with Gasteiger partial charge in [0.25, 0.3) is 0 Å². The zero-order valence-electron chi connectivity index (χ0n) is 15.7. The van der Waals surface area contributed by atoms with E-state index < -0.39 is 5.82 Å². The van der Waals surface area contributed by atoms with Gasteiger partial charge in [-0.15, -0.1) is 11.3 Å². The first kappa shape index (κ1) is 19.5. The number of hydrogen-bond acceptors (Lipinski definition) is 4. The molecule has 2 heterocycles. The Kier molecular flexibility index (Phi) is 6.60. The van der Waals surface area contributed by atoms with E-state index in [1.165, 1.54) is 17.0 Å². The molecule has 0 aliphatic carbocycles. The van der Waals surface area contributed by atoms with Crippen LogP contribution < -0.4 is 10.2 Å². The van der Waals surface area contributed by atoms with Crippen LogP contribution in [0, 0.1) is 18.6 Å². The lowest BCUT2D eigenvalue weighted by atomic mass is 10.2. The number of rotatable bonds is 5. The second-order valence-electron chi connectivity index (χ2n) is 6.42.